The van der Waals surface area contributed by atoms with Gasteiger partial charge in [0.15, 0.2) is 0 Å². The highest BCUT2D eigenvalue weighted by Gasteiger charge is 2.34. The van der Waals surface area contributed by atoms with E-state index in [0.717, 1.165) is 31.4 Å². The summed E-state index contributed by atoms with van der Waals surface area (Å²) in [5.74, 6) is 0. The smallest absolute Gasteiger partial charge is 0.315 e. The fraction of sp³-hybridized carbons (Fsp3) is 0.615. The molecule has 5 nitrogen and oxygen atoms in total. The largest absolute Gasteiger partial charge is 0.394 e. The van der Waals surface area contributed by atoms with Crippen LogP contribution >= 0.6 is 23.2 Å². The molecule has 0 atom stereocenters. The van der Waals surface area contributed by atoms with Gasteiger partial charge in [-0.3, -0.25) is 0 Å². The molecular formula is C13H19Cl2N3O2. The SMILES string of the molecule is Cn1c(CNC(=O)NC2(CO)CCCC2)cc(Cl)c1Cl. The fourth-order valence-corrected chi connectivity index (χ4v) is 3.00. The molecule has 112 valence electrons. The first-order chi connectivity index (χ1) is 9.47. The molecule has 1 heterocycles. The number of hydrogen-bond donors (Lipinski definition) is 3. The third-order valence-corrected chi connectivity index (χ3v) is 4.73. The van der Waals surface area contributed by atoms with Crippen molar-refractivity contribution >= 4 is 29.2 Å². The maximum absolute atomic E-state index is 11.9. The zero-order valence-corrected chi connectivity index (χ0v) is 12.9. The van der Waals surface area contributed by atoms with Gasteiger partial charge >= 0.3 is 6.03 Å². The predicted molar refractivity (Wildman–Crippen MR) is 79.1 cm³/mol. The van der Waals surface area contributed by atoms with Crippen molar-refractivity contribution in [1.82, 2.24) is 15.2 Å². The van der Waals surface area contributed by atoms with Crippen LogP contribution in [0.15, 0.2) is 6.07 Å². The molecule has 1 aromatic rings. The highest BCUT2D eigenvalue weighted by molar-refractivity contribution is 6.41. The van der Waals surface area contributed by atoms with E-state index in [1.54, 1.807) is 17.7 Å². The van der Waals surface area contributed by atoms with Crippen LogP contribution in [0.4, 0.5) is 4.79 Å². The number of halogens is 2. The molecule has 0 unspecified atom stereocenters. The van der Waals surface area contributed by atoms with Crippen LogP contribution in [0.3, 0.4) is 0 Å². The maximum atomic E-state index is 11.9. The van der Waals surface area contributed by atoms with Crippen molar-refractivity contribution in [2.45, 2.75) is 37.8 Å². The number of nitrogens with one attached hydrogen (secondary N) is 2. The Kier molecular flexibility index (Phi) is 4.83. The summed E-state index contributed by atoms with van der Waals surface area (Å²) in [7, 11) is 1.79. The van der Waals surface area contributed by atoms with E-state index >= 15 is 0 Å². The van der Waals surface area contributed by atoms with Crippen molar-refractivity contribution in [3.05, 3.63) is 21.9 Å². The summed E-state index contributed by atoms with van der Waals surface area (Å²) < 4.78 is 1.72. The molecule has 1 saturated carbocycles. The molecule has 0 spiro atoms. The van der Waals surface area contributed by atoms with E-state index in [1.807, 2.05) is 0 Å². The number of carbonyl (C=O) groups is 1. The Morgan fingerprint density at radius 3 is 2.60 bits per heavy atom. The minimum Gasteiger partial charge on any atom is -0.394 e. The van der Waals surface area contributed by atoms with E-state index < -0.39 is 5.54 Å². The Labute approximate surface area is 128 Å². The molecule has 0 bridgehead atoms. The summed E-state index contributed by atoms with van der Waals surface area (Å²) in [5, 5.41) is 16.0. The second-order valence-corrected chi connectivity index (χ2v) is 6.05. The molecule has 7 heteroatoms. The molecule has 3 N–H and O–H groups in total. The molecule has 0 radical (unpaired) electrons. The van der Waals surface area contributed by atoms with Crippen molar-refractivity contribution in [2.24, 2.45) is 7.05 Å². The summed E-state index contributed by atoms with van der Waals surface area (Å²) in [6.45, 7) is 0.304. The molecule has 20 heavy (non-hydrogen) atoms. The topological polar surface area (TPSA) is 66.3 Å². The molecule has 1 aliphatic rings. The van der Waals surface area contributed by atoms with Crippen molar-refractivity contribution in [3.8, 4) is 0 Å². The highest BCUT2D eigenvalue weighted by Crippen LogP contribution is 2.29. The Balaban J connectivity index is 1.90. The monoisotopic (exact) mass is 319 g/mol. The van der Waals surface area contributed by atoms with Gasteiger partial charge in [-0.1, -0.05) is 36.0 Å². The fourth-order valence-electron chi connectivity index (χ4n) is 2.59. The van der Waals surface area contributed by atoms with E-state index in [9.17, 15) is 9.90 Å². The molecule has 1 aliphatic carbocycles. The van der Waals surface area contributed by atoms with Crippen LogP contribution in [0.25, 0.3) is 0 Å². The summed E-state index contributed by atoms with van der Waals surface area (Å²) in [6.07, 6.45) is 3.70. The van der Waals surface area contributed by atoms with Crippen LogP contribution in [0.2, 0.25) is 10.2 Å². The number of urea groups is 1. The lowest BCUT2D eigenvalue weighted by atomic mass is 9.99. The first-order valence-corrected chi connectivity index (χ1v) is 7.39. The van der Waals surface area contributed by atoms with Gasteiger partial charge < -0.3 is 20.3 Å². The van der Waals surface area contributed by atoms with Gasteiger partial charge in [-0.25, -0.2) is 4.79 Å². The molecule has 2 amide bonds. The highest BCUT2D eigenvalue weighted by atomic mass is 35.5. The van der Waals surface area contributed by atoms with Crippen LogP contribution in [-0.2, 0) is 13.6 Å². The number of aromatic nitrogens is 1. The number of hydrogen-bond acceptors (Lipinski definition) is 2. The lowest BCUT2D eigenvalue weighted by molar-refractivity contribution is 0.162. The minimum absolute atomic E-state index is 0.0256. The second-order valence-electron chi connectivity index (χ2n) is 5.29. The summed E-state index contributed by atoms with van der Waals surface area (Å²) >= 11 is 11.9. The normalized spacial score (nSPS) is 17.2. The van der Waals surface area contributed by atoms with E-state index in [-0.39, 0.29) is 12.6 Å². The molecule has 0 aromatic carbocycles. The Morgan fingerprint density at radius 1 is 1.45 bits per heavy atom. The van der Waals surface area contributed by atoms with Gasteiger partial charge in [0, 0.05) is 12.7 Å². The molecule has 2 rings (SSSR count). The van der Waals surface area contributed by atoms with E-state index in [0.29, 0.717) is 16.7 Å². The number of aliphatic hydroxyl groups is 1. The minimum atomic E-state index is -0.465. The third kappa shape index (κ3) is 3.22. The lowest BCUT2D eigenvalue weighted by Crippen LogP contribution is -2.52. The van der Waals surface area contributed by atoms with Crippen LogP contribution in [0.5, 0.6) is 0 Å². The number of nitrogens with zero attached hydrogens (tertiary/aromatic N) is 1. The van der Waals surface area contributed by atoms with Crippen LogP contribution in [0.1, 0.15) is 31.4 Å². The second kappa shape index (κ2) is 6.24. The van der Waals surface area contributed by atoms with Crippen molar-refractivity contribution < 1.29 is 9.90 Å². The third-order valence-electron chi connectivity index (χ3n) is 3.89. The first-order valence-electron chi connectivity index (χ1n) is 6.64. The molecule has 0 saturated heterocycles. The van der Waals surface area contributed by atoms with Gasteiger partial charge in [-0.15, -0.1) is 0 Å². The van der Waals surface area contributed by atoms with Crippen molar-refractivity contribution in [3.63, 3.8) is 0 Å². The lowest BCUT2D eigenvalue weighted by Gasteiger charge is -2.28. The van der Waals surface area contributed by atoms with Gasteiger partial charge in [0.25, 0.3) is 0 Å². The Morgan fingerprint density at radius 2 is 2.10 bits per heavy atom. The molecule has 1 fully saturated rings. The first kappa shape index (κ1) is 15.5. The van der Waals surface area contributed by atoms with Crippen LogP contribution in [0, 0.1) is 0 Å². The summed E-state index contributed by atoms with van der Waals surface area (Å²) in [5.41, 5.74) is 0.354. The molecule has 0 aliphatic heterocycles. The number of aliphatic hydroxyl groups excluding tert-OH is 1. The number of rotatable bonds is 4. The van der Waals surface area contributed by atoms with Gasteiger partial charge in [-0.2, -0.15) is 0 Å². The summed E-state index contributed by atoms with van der Waals surface area (Å²) in [6, 6.07) is 1.44. The summed E-state index contributed by atoms with van der Waals surface area (Å²) in [4.78, 5) is 11.9. The van der Waals surface area contributed by atoms with E-state index in [4.69, 9.17) is 23.2 Å². The van der Waals surface area contributed by atoms with Gasteiger partial charge in [0.1, 0.15) is 5.15 Å². The van der Waals surface area contributed by atoms with Crippen LogP contribution < -0.4 is 10.6 Å². The Hall–Kier alpha value is -0.910. The van der Waals surface area contributed by atoms with E-state index in [1.165, 1.54) is 0 Å². The van der Waals surface area contributed by atoms with E-state index in [2.05, 4.69) is 10.6 Å². The zero-order valence-electron chi connectivity index (χ0n) is 11.4. The standard InChI is InChI=1S/C13H19Cl2N3O2/c1-18-9(6-10(14)11(18)15)7-16-12(20)17-13(8-19)4-2-3-5-13/h6,19H,2-5,7-8H2,1H3,(H2,16,17,20). The molecular weight excluding hydrogens is 301 g/mol. The number of amides is 2. The van der Waals surface area contributed by atoms with Crippen LogP contribution in [-0.4, -0.2) is 27.9 Å². The maximum Gasteiger partial charge on any atom is 0.315 e. The van der Waals surface area contributed by atoms with Crippen molar-refractivity contribution in [2.75, 3.05) is 6.61 Å². The predicted octanol–water partition coefficient (Wildman–Crippen LogP) is 2.44. The quantitative estimate of drug-likeness (QED) is 0.798. The van der Waals surface area contributed by atoms with Gasteiger partial charge in [-0.05, 0) is 18.9 Å². The number of carbonyl (C=O) groups excluding carboxylic acids is 1. The zero-order chi connectivity index (χ0) is 14.8. The van der Waals surface area contributed by atoms with Gasteiger partial charge in [0.05, 0.1) is 23.7 Å². The Bertz CT molecular complexity index is 496. The van der Waals surface area contributed by atoms with Gasteiger partial charge in [0.2, 0.25) is 0 Å². The molecule has 1 aromatic heterocycles. The van der Waals surface area contributed by atoms with Crippen molar-refractivity contribution in [1.29, 1.82) is 0 Å². The average molecular weight is 320 g/mol. The average Bonchev–Trinajstić information content (AvgIpc) is 2.98.